The Bertz CT molecular complexity index is 427. The number of hydrogen-bond acceptors (Lipinski definition) is 2. The van der Waals surface area contributed by atoms with E-state index < -0.39 is 16.7 Å². The summed E-state index contributed by atoms with van der Waals surface area (Å²) in [5, 5.41) is 0. The second-order valence-corrected chi connectivity index (χ2v) is 5.64. The lowest BCUT2D eigenvalue weighted by Crippen LogP contribution is -2.15. The first-order valence-corrected chi connectivity index (χ1v) is 6.61. The number of benzene rings is 1. The van der Waals surface area contributed by atoms with E-state index >= 15 is 0 Å². The predicted octanol–water partition coefficient (Wildman–Crippen LogP) is 2.04. The summed E-state index contributed by atoms with van der Waals surface area (Å²) in [6, 6.07) is 5.30. The minimum atomic E-state index is -1.05. The van der Waals surface area contributed by atoms with Crippen LogP contribution in [0.15, 0.2) is 23.1 Å². The van der Waals surface area contributed by atoms with E-state index in [2.05, 4.69) is 0 Å². The first kappa shape index (κ1) is 12.9. The summed E-state index contributed by atoms with van der Waals surface area (Å²) >= 11 is 0. The summed E-state index contributed by atoms with van der Waals surface area (Å²) in [5.74, 6) is 0.310. The Morgan fingerprint density at radius 2 is 2.06 bits per heavy atom. The fraction of sp³-hybridized carbons (Fsp3) is 0.417. The molecule has 1 unspecified atom stereocenters. The van der Waals surface area contributed by atoms with Crippen LogP contribution in [0, 0.1) is 0 Å². The van der Waals surface area contributed by atoms with Crippen molar-refractivity contribution in [1.82, 2.24) is 0 Å². The van der Waals surface area contributed by atoms with Gasteiger partial charge >= 0.3 is 0 Å². The van der Waals surface area contributed by atoms with Gasteiger partial charge in [0.15, 0.2) is 0 Å². The van der Waals surface area contributed by atoms with Gasteiger partial charge in [0.1, 0.15) is 0 Å². The molecule has 0 aliphatic heterocycles. The molecule has 1 aromatic rings. The molecule has 0 aromatic heterocycles. The van der Waals surface area contributed by atoms with Gasteiger partial charge in [0, 0.05) is 16.2 Å². The molecule has 1 amide bonds. The summed E-state index contributed by atoms with van der Waals surface area (Å²) < 4.78 is 11.6. The molecule has 3 nitrogen and oxygen atoms in total. The predicted molar refractivity (Wildman–Crippen MR) is 66.0 cm³/mol. The molecule has 0 aliphatic rings. The summed E-state index contributed by atoms with van der Waals surface area (Å²) in [6.07, 6.45) is 0. The van der Waals surface area contributed by atoms with E-state index in [1.807, 2.05) is 26.8 Å². The largest absolute Gasteiger partial charge is 0.366 e. The lowest BCUT2D eigenvalue weighted by atomic mass is 9.97. The van der Waals surface area contributed by atoms with Crippen LogP contribution in [0.2, 0.25) is 0 Å². The quantitative estimate of drug-likeness (QED) is 0.874. The molecular weight excluding hydrogens is 222 g/mol. The highest BCUT2D eigenvalue weighted by Gasteiger charge is 2.13. The van der Waals surface area contributed by atoms with Crippen LogP contribution in [0.3, 0.4) is 0 Å². The van der Waals surface area contributed by atoms with Crippen molar-refractivity contribution < 1.29 is 9.00 Å². The normalized spacial score (nSPS) is 12.8. The second kappa shape index (κ2) is 5.25. The van der Waals surface area contributed by atoms with E-state index in [0.29, 0.717) is 16.2 Å². The van der Waals surface area contributed by atoms with E-state index in [9.17, 15) is 9.00 Å². The average molecular weight is 239 g/mol. The van der Waals surface area contributed by atoms with Gasteiger partial charge < -0.3 is 5.73 Å². The van der Waals surface area contributed by atoms with E-state index in [4.69, 9.17) is 5.73 Å². The van der Waals surface area contributed by atoms with Gasteiger partial charge in [-0.1, -0.05) is 26.8 Å². The van der Waals surface area contributed by atoms with Crippen LogP contribution in [-0.2, 0) is 10.8 Å². The maximum atomic E-state index is 11.6. The molecule has 0 saturated carbocycles. The second-order valence-electron chi connectivity index (χ2n) is 3.90. The molecule has 1 atom stereocenters. The minimum absolute atomic E-state index is 0.228. The van der Waals surface area contributed by atoms with E-state index in [-0.39, 0.29) is 5.92 Å². The number of rotatable bonds is 4. The lowest BCUT2D eigenvalue weighted by molar-refractivity contribution is 0.0999. The molecule has 0 heterocycles. The smallest absolute Gasteiger partial charge is 0.249 e. The van der Waals surface area contributed by atoms with Crippen LogP contribution in [-0.4, -0.2) is 15.9 Å². The van der Waals surface area contributed by atoms with Crippen LogP contribution in [0.4, 0.5) is 0 Å². The Morgan fingerprint density at radius 3 is 2.50 bits per heavy atom. The van der Waals surface area contributed by atoms with Crippen molar-refractivity contribution in [3.63, 3.8) is 0 Å². The number of hydrogen-bond donors (Lipinski definition) is 1. The molecule has 16 heavy (non-hydrogen) atoms. The topological polar surface area (TPSA) is 60.2 Å². The van der Waals surface area contributed by atoms with Crippen LogP contribution in [0.5, 0.6) is 0 Å². The van der Waals surface area contributed by atoms with Gasteiger partial charge in [0.25, 0.3) is 0 Å². The zero-order valence-corrected chi connectivity index (χ0v) is 10.6. The summed E-state index contributed by atoms with van der Waals surface area (Å²) in [4.78, 5) is 12.0. The Kier molecular flexibility index (Phi) is 4.24. The number of carbonyl (C=O) groups is 1. The SMILES string of the molecule is CCS(=O)c1ccc(C(C)C)c(C(N)=O)c1. The monoisotopic (exact) mass is 239 g/mol. The highest BCUT2D eigenvalue weighted by Crippen LogP contribution is 2.22. The first-order chi connectivity index (χ1) is 7.47. The molecule has 88 valence electrons. The highest BCUT2D eigenvalue weighted by atomic mass is 32.2. The maximum Gasteiger partial charge on any atom is 0.249 e. The van der Waals surface area contributed by atoms with E-state index in [0.717, 1.165) is 5.56 Å². The van der Waals surface area contributed by atoms with Gasteiger partial charge in [-0.05, 0) is 23.6 Å². The number of nitrogens with two attached hydrogens (primary N) is 1. The van der Waals surface area contributed by atoms with Crippen molar-refractivity contribution in [2.45, 2.75) is 31.6 Å². The van der Waals surface area contributed by atoms with Gasteiger partial charge in [0.05, 0.1) is 10.8 Å². The third-order valence-corrected chi connectivity index (χ3v) is 3.74. The zero-order chi connectivity index (χ0) is 12.3. The molecule has 0 radical (unpaired) electrons. The molecule has 0 spiro atoms. The number of amides is 1. The van der Waals surface area contributed by atoms with Crippen LogP contribution in [0.1, 0.15) is 42.6 Å². The lowest BCUT2D eigenvalue weighted by Gasteiger charge is -2.11. The summed E-state index contributed by atoms with van der Waals surface area (Å²) in [7, 11) is -1.05. The van der Waals surface area contributed by atoms with Crippen LogP contribution < -0.4 is 5.73 Å². The standard InChI is InChI=1S/C12H17NO2S/c1-4-16(15)9-5-6-10(8(2)3)11(7-9)12(13)14/h5-8H,4H2,1-3H3,(H2,13,14). The molecule has 0 aliphatic carbocycles. The van der Waals surface area contributed by atoms with Crippen molar-refractivity contribution in [2.24, 2.45) is 5.73 Å². The molecule has 1 aromatic carbocycles. The summed E-state index contributed by atoms with van der Waals surface area (Å²) in [5.41, 5.74) is 6.71. The van der Waals surface area contributed by atoms with Crippen molar-refractivity contribution in [3.8, 4) is 0 Å². The van der Waals surface area contributed by atoms with Gasteiger partial charge in [-0.3, -0.25) is 9.00 Å². The third kappa shape index (κ3) is 2.70. The average Bonchev–Trinajstić information content (AvgIpc) is 2.26. The number of carbonyl (C=O) groups excluding carboxylic acids is 1. The Labute approximate surface area is 98.5 Å². The fourth-order valence-corrected chi connectivity index (χ4v) is 2.36. The number of primary amides is 1. The van der Waals surface area contributed by atoms with Crippen molar-refractivity contribution in [1.29, 1.82) is 0 Å². The molecule has 2 N–H and O–H groups in total. The summed E-state index contributed by atoms with van der Waals surface area (Å²) in [6.45, 7) is 5.84. The van der Waals surface area contributed by atoms with Crippen molar-refractivity contribution >= 4 is 16.7 Å². The van der Waals surface area contributed by atoms with Crippen LogP contribution >= 0.6 is 0 Å². The molecule has 0 bridgehead atoms. The van der Waals surface area contributed by atoms with Crippen LogP contribution in [0.25, 0.3) is 0 Å². The molecule has 0 saturated heterocycles. The van der Waals surface area contributed by atoms with Crippen molar-refractivity contribution in [2.75, 3.05) is 5.75 Å². The molecular formula is C12H17NO2S. The van der Waals surface area contributed by atoms with Crippen molar-refractivity contribution in [3.05, 3.63) is 29.3 Å². The van der Waals surface area contributed by atoms with Gasteiger partial charge in [0.2, 0.25) is 5.91 Å². The molecule has 4 heteroatoms. The van der Waals surface area contributed by atoms with Gasteiger partial charge in [-0.15, -0.1) is 0 Å². The Balaban J connectivity index is 3.28. The first-order valence-electron chi connectivity index (χ1n) is 5.29. The third-order valence-electron chi connectivity index (χ3n) is 2.44. The Hall–Kier alpha value is -1.16. The fourth-order valence-electron chi connectivity index (χ4n) is 1.56. The molecule has 1 rings (SSSR count). The maximum absolute atomic E-state index is 11.6. The van der Waals surface area contributed by atoms with E-state index in [1.165, 1.54) is 0 Å². The minimum Gasteiger partial charge on any atom is -0.366 e. The van der Waals surface area contributed by atoms with E-state index in [1.54, 1.807) is 12.1 Å². The van der Waals surface area contributed by atoms with Gasteiger partial charge in [-0.2, -0.15) is 0 Å². The van der Waals surface area contributed by atoms with Gasteiger partial charge in [-0.25, -0.2) is 0 Å². The highest BCUT2D eigenvalue weighted by molar-refractivity contribution is 7.85. The molecule has 0 fully saturated rings. The Morgan fingerprint density at radius 1 is 1.44 bits per heavy atom. The zero-order valence-electron chi connectivity index (χ0n) is 9.82.